The summed E-state index contributed by atoms with van der Waals surface area (Å²) in [4.78, 5) is 19.5. The Hall–Kier alpha value is -3.40. The zero-order valence-corrected chi connectivity index (χ0v) is 17.0. The van der Waals surface area contributed by atoms with Gasteiger partial charge in [0.05, 0.1) is 17.3 Å². The van der Waals surface area contributed by atoms with Crippen LogP contribution in [0.5, 0.6) is 0 Å². The third-order valence-electron chi connectivity index (χ3n) is 6.28. The van der Waals surface area contributed by atoms with Crippen molar-refractivity contribution in [1.82, 2.24) is 9.88 Å². The molecule has 30 heavy (non-hydrogen) atoms. The molecule has 4 nitrogen and oxygen atoms in total. The van der Waals surface area contributed by atoms with E-state index in [4.69, 9.17) is 0 Å². The van der Waals surface area contributed by atoms with Crippen molar-refractivity contribution in [2.24, 2.45) is 5.92 Å². The van der Waals surface area contributed by atoms with E-state index in [9.17, 15) is 4.79 Å². The molecule has 1 amide bonds. The average Bonchev–Trinajstić information content (AvgIpc) is 3.29. The number of pyridine rings is 1. The molecule has 3 unspecified atom stereocenters. The second-order valence-electron chi connectivity index (χ2n) is 8.18. The molecule has 1 N–H and O–H groups in total. The van der Waals surface area contributed by atoms with Gasteiger partial charge in [0.15, 0.2) is 0 Å². The highest BCUT2D eigenvalue weighted by Gasteiger charge is 2.39. The van der Waals surface area contributed by atoms with Crippen LogP contribution in [0.25, 0.3) is 0 Å². The number of hydrogen-bond donors (Lipinski definition) is 1. The molecular weight excluding hydrogens is 370 g/mol. The topological polar surface area (TPSA) is 45.2 Å². The van der Waals surface area contributed by atoms with Crippen molar-refractivity contribution in [3.05, 3.63) is 107 Å². The average molecular weight is 396 g/mol. The van der Waals surface area contributed by atoms with E-state index in [1.165, 1.54) is 11.1 Å². The molecule has 0 saturated heterocycles. The van der Waals surface area contributed by atoms with E-state index in [1.54, 1.807) is 11.1 Å². The van der Waals surface area contributed by atoms with E-state index in [0.717, 1.165) is 23.2 Å². The fraction of sp³-hybridized carbons (Fsp3) is 0.231. The molecule has 0 bridgehead atoms. The summed E-state index contributed by atoms with van der Waals surface area (Å²) in [7, 11) is 1.87. The zero-order chi connectivity index (χ0) is 20.5. The Morgan fingerprint density at radius 2 is 1.97 bits per heavy atom. The zero-order valence-electron chi connectivity index (χ0n) is 17.0. The van der Waals surface area contributed by atoms with Gasteiger partial charge in [0.1, 0.15) is 0 Å². The molecule has 0 fully saturated rings. The summed E-state index contributed by atoms with van der Waals surface area (Å²) in [5.74, 6) is 0.793. The van der Waals surface area contributed by atoms with Gasteiger partial charge in [0, 0.05) is 31.9 Å². The number of allylic oxidation sites excluding steroid dienone is 2. The van der Waals surface area contributed by atoms with Gasteiger partial charge < -0.3 is 10.2 Å². The number of nitrogens with one attached hydrogen (secondary N) is 1. The number of aromatic nitrogens is 1. The summed E-state index contributed by atoms with van der Waals surface area (Å²) in [6, 6.07) is 20.5. The summed E-state index contributed by atoms with van der Waals surface area (Å²) >= 11 is 0. The first-order chi connectivity index (χ1) is 14.7. The van der Waals surface area contributed by atoms with Gasteiger partial charge in [-0.05, 0) is 41.2 Å². The van der Waals surface area contributed by atoms with Gasteiger partial charge in [-0.25, -0.2) is 0 Å². The Kier molecular flexibility index (Phi) is 4.83. The Morgan fingerprint density at radius 3 is 2.77 bits per heavy atom. The van der Waals surface area contributed by atoms with Crippen LogP contribution in [-0.2, 0) is 6.54 Å². The molecule has 3 atom stereocenters. The number of hydrogen-bond acceptors (Lipinski definition) is 3. The van der Waals surface area contributed by atoms with E-state index in [2.05, 4.69) is 46.7 Å². The van der Waals surface area contributed by atoms with Gasteiger partial charge in [-0.1, -0.05) is 60.7 Å². The van der Waals surface area contributed by atoms with Crippen molar-refractivity contribution in [3.63, 3.8) is 0 Å². The summed E-state index contributed by atoms with van der Waals surface area (Å²) in [5.41, 5.74) is 5.20. The number of para-hydroxylation sites is 1. The van der Waals surface area contributed by atoms with Crippen LogP contribution in [0.15, 0.2) is 85.2 Å². The number of nitrogens with zero attached hydrogens (tertiary/aromatic N) is 2. The lowest BCUT2D eigenvalue weighted by atomic mass is 9.76. The molecule has 0 saturated carbocycles. The van der Waals surface area contributed by atoms with Crippen molar-refractivity contribution in [1.29, 1.82) is 0 Å². The van der Waals surface area contributed by atoms with Crippen LogP contribution in [0.1, 0.15) is 45.4 Å². The largest absolute Gasteiger partial charge is 0.377 e. The van der Waals surface area contributed by atoms with Crippen molar-refractivity contribution in [3.8, 4) is 0 Å². The van der Waals surface area contributed by atoms with Crippen LogP contribution >= 0.6 is 0 Å². The first-order valence-corrected chi connectivity index (χ1v) is 10.5. The molecule has 1 aromatic heterocycles. The number of rotatable bonds is 4. The lowest BCUT2D eigenvalue weighted by molar-refractivity contribution is 0.0785. The minimum Gasteiger partial charge on any atom is -0.377 e. The molecule has 5 rings (SSSR count). The van der Waals surface area contributed by atoms with E-state index in [1.807, 2.05) is 49.6 Å². The van der Waals surface area contributed by atoms with E-state index >= 15 is 0 Å². The number of amides is 1. The van der Waals surface area contributed by atoms with Crippen LogP contribution in [0, 0.1) is 5.92 Å². The molecule has 2 aromatic carbocycles. The minimum absolute atomic E-state index is 0.0357. The molecule has 4 heteroatoms. The molecule has 0 spiro atoms. The highest BCUT2D eigenvalue weighted by molar-refractivity contribution is 6.00. The van der Waals surface area contributed by atoms with Gasteiger partial charge in [-0.15, -0.1) is 0 Å². The second-order valence-corrected chi connectivity index (χ2v) is 8.18. The first-order valence-electron chi connectivity index (χ1n) is 10.5. The summed E-state index contributed by atoms with van der Waals surface area (Å²) in [6.07, 6.45) is 9.34. The van der Waals surface area contributed by atoms with Gasteiger partial charge in [0.2, 0.25) is 0 Å². The molecule has 1 aliphatic heterocycles. The summed E-state index contributed by atoms with van der Waals surface area (Å²) in [5, 5.41) is 3.73. The van der Waals surface area contributed by atoms with Crippen molar-refractivity contribution < 1.29 is 4.79 Å². The van der Waals surface area contributed by atoms with Gasteiger partial charge in [0.25, 0.3) is 5.91 Å². The Labute approximate surface area is 177 Å². The molecule has 3 aromatic rings. The summed E-state index contributed by atoms with van der Waals surface area (Å²) < 4.78 is 0. The van der Waals surface area contributed by atoms with E-state index in [-0.39, 0.29) is 11.9 Å². The molecule has 2 heterocycles. The van der Waals surface area contributed by atoms with Crippen LogP contribution in [0.4, 0.5) is 5.69 Å². The maximum atomic E-state index is 13.4. The number of anilines is 1. The Balaban J connectivity index is 1.50. The van der Waals surface area contributed by atoms with E-state index < -0.39 is 0 Å². The number of benzene rings is 2. The van der Waals surface area contributed by atoms with Crippen LogP contribution < -0.4 is 5.32 Å². The van der Waals surface area contributed by atoms with Crippen LogP contribution in [0.2, 0.25) is 0 Å². The fourth-order valence-electron chi connectivity index (χ4n) is 4.82. The standard InChI is InChI=1S/C26H25N3O/c1-29(17-18-8-3-2-4-9-18)26(30)23-14-6-13-22-20-11-5-12-21(20)24(28-25(22)23)19-10-7-15-27-16-19/h2-11,13-16,20-21,24,28H,12,17H2,1H3. The molecular formula is C26H25N3O. The van der Waals surface area contributed by atoms with Crippen molar-refractivity contribution in [2.75, 3.05) is 12.4 Å². The molecule has 1 aliphatic carbocycles. The monoisotopic (exact) mass is 395 g/mol. The minimum atomic E-state index is 0.0357. The SMILES string of the molecule is CN(Cc1ccccc1)C(=O)c1cccc2c1NC(c1cccnc1)C1CC=CC21. The normalized spacial score (nSPS) is 21.4. The third kappa shape index (κ3) is 3.28. The van der Waals surface area contributed by atoms with Crippen LogP contribution in [0.3, 0.4) is 0 Å². The highest BCUT2D eigenvalue weighted by atomic mass is 16.2. The third-order valence-corrected chi connectivity index (χ3v) is 6.28. The lowest BCUT2D eigenvalue weighted by Crippen LogP contribution is -2.32. The number of carbonyl (C=O) groups is 1. The first kappa shape index (κ1) is 18.6. The molecule has 2 aliphatic rings. The predicted octanol–water partition coefficient (Wildman–Crippen LogP) is 5.18. The van der Waals surface area contributed by atoms with E-state index in [0.29, 0.717) is 18.4 Å². The fourth-order valence-corrected chi connectivity index (χ4v) is 4.82. The van der Waals surface area contributed by atoms with Gasteiger partial charge >= 0.3 is 0 Å². The maximum absolute atomic E-state index is 13.4. The quantitative estimate of drug-likeness (QED) is 0.619. The lowest BCUT2D eigenvalue weighted by Gasteiger charge is -2.38. The Morgan fingerprint density at radius 1 is 1.10 bits per heavy atom. The Bertz CT molecular complexity index is 1080. The second kappa shape index (κ2) is 7.79. The van der Waals surface area contributed by atoms with Crippen LogP contribution in [-0.4, -0.2) is 22.8 Å². The predicted molar refractivity (Wildman–Crippen MR) is 119 cm³/mol. The number of fused-ring (bicyclic) bond motifs is 3. The number of carbonyl (C=O) groups excluding carboxylic acids is 1. The van der Waals surface area contributed by atoms with Crippen molar-refractivity contribution in [2.45, 2.75) is 24.9 Å². The van der Waals surface area contributed by atoms with Gasteiger partial charge in [-0.3, -0.25) is 9.78 Å². The van der Waals surface area contributed by atoms with Gasteiger partial charge in [-0.2, -0.15) is 0 Å². The summed E-state index contributed by atoms with van der Waals surface area (Å²) in [6.45, 7) is 0.585. The maximum Gasteiger partial charge on any atom is 0.256 e. The van der Waals surface area contributed by atoms with Crippen molar-refractivity contribution >= 4 is 11.6 Å². The molecule has 0 radical (unpaired) electrons. The highest BCUT2D eigenvalue weighted by Crippen LogP contribution is 2.50. The smallest absolute Gasteiger partial charge is 0.256 e. The molecule has 150 valence electrons.